The number of aromatic hydroxyl groups is 1. The molecule has 0 unspecified atom stereocenters. The molecule has 0 fully saturated rings. The van der Waals surface area contributed by atoms with Gasteiger partial charge < -0.3 is 14.7 Å². The van der Waals surface area contributed by atoms with E-state index in [9.17, 15) is 9.90 Å². The number of phenols is 1. The van der Waals surface area contributed by atoms with Gasteiger partial charge in [-0.3, -0.25) is 0 Å². The van der Waals surface area contributed by atoms with E-state index in [2.05, 4.69) is 9.99 Å². The molecule has 0 bridgehead atoms. The van der Waals surface area contributed by atoms with Gasteiger partial charge in [0.05, 0.1) is 17.9 Å². The van der Waals surface area contributed by atoms with Crippen molar-refractivity contribution in [1.82, 2.24) is 0 Å². The molecule has 5 heteroatoms. The maximum absolute atomic E-state index is 11.4. The average molecular weight is 247 g/mol. The van der Waals surface area contributed by atoms with Crippen molar-refractivity contribution in [2.75, 3.05) is 6.61 Å². The van der Waals surface area contributed by atoms with Gasteiger partial charge in [-0.25, -0.2) is 4.79 Å². The second-order valence-electron chi connectivity index (χ2n) is 3.77. The fraction of sp³-hybridized carbons (Fsp3) is 0.231. The predicted octanol–water partition coefficient (Wildman–Crippen LogP) is 2.11. The van der Waals surface area contributed by atoms with Crippen LogP contribution in [0.1, 0.15) is 19.4 Å². The molecule has 0 radical (unpaired) electrons. The highest BCUT2D eigenvalue weighted by molar-refractivity contribution is 6.24. The Bertz CT molecular complexity index is 546. The molecule has 5 nitrogen and oxygen atoms in total. The largest absolute Gasteiger partial charge is 0.504 e. The molecule has 0 amide bonds. The first-order valence-electron chi connectivity index (χ1n) is 5.55. The van der Waals surface area contributed by atoms with Gasteiger partial charge in [-0.1, -0.05) is 11.2 Å². The summed E-state index contributed by atoms with van der Waals surface area (Å²) in [6, 6.07) is 4.86. The Labute approximate surface area is 104 Å². The number of oxime groups is 1. The third kappa shape index (κ3) is 2.34. The Morgan fingerprint density at radius 1 is 1.50 bits per heavy atom. The van der Waals surface area contributed by atoms with Crippen molar-refractivity contribution in [2.45, 2.75) is 13.8 Å². The van der Waals surface area contributed by atoms with E-state index in [0.717, 1.165) is 5.56 Å². The molecule has 94 valence electrons. The number of benzene rings is 1. The number of carbonyl (C=O) groups is 1. The van der Waals surface area contributed by atoms with Crippen LogP contribution in [0.2, 0.25) is 0 Å². The normalized spacial score (nSPS) is 16.7. The minimum absolute atomic E-state index is 0.0680. The van der Waals surface area contributed by atoms with Crippen molar-refractivity contribution >= 4 is 17.8 Å². The summed E-state index contributed by atoms with van der Waals surface area (Å²) in [7, 11) is 0. The van der Waals surface area contributed by atoms with Gasteiger partial charge in [0.15, 0.2) is 11.5 Å². The van der Waals surface area contributed by atoms with E-state index < -0.39 is 5.97 Å². The minimum Gasteiger partial charge on any atom is -0.504 e. The van der Waals surface area contributed by atoms with Crippen molar-refractivity contribution in [3.8, 4) is 11.5 Å². The molecular weight excluding hydrogens is 234 g/mol. The molecule has 0 saturated carbocycles. The summed E-state index contributed by atoms with van der Waals surface area (Å²) in [4.78, 5) is 15.9. The van der Waals surface area contributed by atoms with Gasteiger partial charge in [-0.15, -0.1) is 0 Å². The van der Waals surface area contributed by atoms with E-state index >= 15 is 0 Å². The van der Waals surface area contributed by atoms with Crippen LogP contribution >= 0.6 is 0 Å². The molecule has 1 aromatic carbocycles. The first-order chi connectivity index (χ1) is 8.61. The molecule has 0 atom stereocenters. The smallest absolute Gasteiger partial charge is 0.367 e. The van der Waals surface area contributed by atoms with E-state index in [1.54, 1.807) is 25.1 Å². The number of nitrogens with zero attached hydrogens (tertiary/aromatic N) is 1. The zero-order chi connectivity index (χ0) is 13.1. The predicted molar refractivity (Wildman–Crippen MR) is 66.5 cm³/mol. The fourth-order valence-corrected chi connectivity index (χ4v) is 1.58. The standard InChI is InChI=1S/C13H13NO4/c1-3-17-12-7-9(4-5-11(12)15)6-10-8(2)14-18-13(10)16/h4-7,15H,3H2,1-2H3/b10-6-. The maximum atomic E-state index is 11.4. The van der Waals surface area contributed by atoms with Gasteiger partial charge in [0.25, 0.3) is 0 Å². The zero-order valence-electron chi connectivity index (χ0n) is 10.1. The molecule has 2 rings (SSSR count). The second kappa shape index (κ2) is 4.91. The van der Waals surface area contributed by atoms with Crippen molar-refractivity contribution in [3.63, 3.8) is 0 Å². The molecule has 1 heterocycles. The molecular formula is C13H13NO4. The van der Waals surface area contributed by atoms with Crippen molar-refractivity contribution in [3.05, 3.63) is 29.3 Å². The zero-order valence-corrected chi connectivity index (χ0v) is 10.1. The SMILES string of the molecule is CCOc1cc(/C=C2\C(=O)ON=C2C)ccc1O. The maximum Gasteiger partial charge on any atom is 0.367 e. The highest BCUT2D eigenvalue weighted by atomic mass is 16.7. The third-order valence-electron chi connectivity index (χ3n) is 2.47. The average Bonchev–Trinajstić information content (AvgIpc) is 2.65. The molecule has 0 saturated heterocycles. The van der Waals surface area contributed by atoms with Crippen molar-refractivity contribution < 1.29 is 19.5 Å². The highest BCUT2D eigenvalue weighted by Gasteiger charge is 2.21. The van der Waals surface area contributed by atoms with Gasteiger partial charge in [0.2, 0.25) is 0 Å². The van der Waals surface area contributed by atoms with Crippen LogP contribution in [0.15, 0.2) is 28.9 Å². The van der Waals surface area contributed by atoms with E-state index in [1.165, 1.54) is 6.07 Å². The molecule has 1 aliphatic rings. The lowest BCUT2D eigenvalue weighted by atomic mass is 10.1. The molecule has 18 heavy (non-hydrogen) atoms. The lowest BCUT2D eigenvalue weighted by Gasteiger charge is -2.06. The van der Waals surface area contributed by atoms with Gasteiger partial charge >= 0.3 is 5.97 Å². The lowest BCUT2D eigenvalue weighted by molar-refractivity contribution is -0.136. The number of phenolic OH excluding ortho intramolecular Hbond substituents is 1. The van der Waals surface area contributed by atoms with E-state index in [-0.39, 0.29) is 5.75 Å². The summed E-state index contributed by atoms with van der Waals surface area (Å²) in [5.74, 6) is -0.0234. The summed E-state index contributed by atoms with van der Waals surface area (Å²) < 4.78 is 5.27. The molecule has 0 spiro atoms. The quantitative estimate of drug-likeness (QED) is 0.656. The van der Waals surface area contributed by atoms with Crippen LogP contribution in [0.4, 0.5) is 0 Å². The Morgan fingerprint density at radius 3 is 2.89 bits per heavy atom. The van der Waals surface area contributed by atoms with Crippen LogP contribution in [-0.4, -0.2) is 23.4 Å². The van der Waals surface area contributed by atoms with Gasteiger partial charge in [0.1, 0.15) is 0 Å². The van der Waals surface area contributed by atoms with Crippen LogP contribution in [0.3, 0.4) is 0 Å². The fourth-order valence-electron chi connectivity index (χ4n) is 1.58. The highest BCUT2D eigenvalue weighted by Crippen LogP contribution is 2.28. The summed E-state index contributed by atoms with van der Waals surface area (Å²) in [6.07, 6.45) is 1.65. The van der Waals surface area contributed by atoms with Gasteiger partial charge in [-0.2, -0.15) is 0 Å². The summed E-state index contributed by atoms with van der Waals surface area (Å²) in [6.45, 7) is 3.98. The number of rotatable bonds is 3. The van der Waals surface area contributed by atoms with E-state index in [0.29, 0.717) is 23.6 Å². The summed E-state index contributed by atoms with van der Waals surface area (Å²) in [5.41, 5.74) is 1.67. The first-order valence-corrected chi connectivity index (χ1v) is 5.55. The summed E-state index contributed by atoms with van der Waals surface area (Å²) in [5, 5.41) is 13.2. The minimum atomic E-state index is -0.474. The number of hydrogen-bond donors (Lipinski definition) is 1. The van der Waals surface area contributed by atoms with Crippen LogP contribution in [0.5, 0.6) is 11.5 Å². The lowest BCUT2D eigenvalue weighted by Crippen LogP contribution is -2.01. The monoisotopic (exact) mass is 247 g/mol. The molecule has 0 aromatic heterocycles. The molecule has 1 aromatic rings. The molecule has 0 aliphatic carbocycles. The van der Waals surface area contributed by atoms with Crippen LogP contribution in [-0.2, 0) is 9.63 Å². The van der Waals surface area contributed by atoms with Crippen LogP contribution in [0, 0.1) is 0 Å². The first kappa shape index (κ1) is 12.2. The molecule has 1 N–H and O–H groups in total. The van der Waals surface area contributed by atoms with E-state index in [1.807, 2.05) is 6.92 Å². The Hall–Kier alpha value is -2.30. The number of hydrogen-bond acceptors (Lipinski definition) is 5. The van der Waals surface area contributed by atoms with Gasteiger partial charge in [-0.05, 0) is 37.6 Å². The van der Waals surface area contributed by atoms with Crippen LogP contribution < -0.4 is 4.74 Å². The number of ether oxygens (including phenoxy) is 1. The van der Waals surface area contributed by atoms with E-state index in [4.69, 9.17) is 4.74 Å². The Kier molecular flexibility index (Phi) is 3.32. The number of carbonyl (C=O) groups excluding carboxylic acids is 1. The van der Waals surface area contributed by atoms with Crippen LogP contribution in [0.25, 0.3) is 6.08 Å². The van der Waals surface area contributed by atoms with Crippen molar-refractivity contribution in [1.29, 1.82) is 0 Å². The van der Waals surface area contributed by atoms with Gasteiger partial charge in [0, 0.05) is 0 Å². The molecule has 1 aliphatic heterocycles. The second-order valence-corrected chi connectivity index (χ2v) is 3.77. The topological polar surface area (TPSA) is 68.1 Å². The Morgan fingerprint density at radius 2 is 2.28 bits per heavy atom. The summed E-state index contributed by atoms with van der Waals surface area (Å²) >= 11 is 0. The third-order valence-corrected chi connectivity index (χ3v) is 2.47. The van der Waals surface area contributed by atoms with Crippen molar-refractivity contribution in [2.24, 2.45) is 5.16 Å². The Balaban J connectivity index is 2.35.